The van der Waals surface area contributed by atoms with Crippen molar-refractivity contribution >= 4 is 55.6 Å². The van der Waals surface area contributed by atoms with Gasteiger partial charge in [0.05, 0.1) is 22.2 Å². The van der Waals surface area contributed by atoms with Crippen molar-refractivity contribution in [2.75, 3.05) is 0 Å². The number of para-hydroxylation sites is 3. The van der Waals surface area contributed by atoms with Gasteiger partial charge in [-0.15, -0.1) is 0 Å². The number of benzene rings is 7. The molecule has 0 saturated carbocycles. The summed E-state index contributed by atoms with van der Waals surface area (Å²) in [5, 5.41) is 6.23. The van der Waals surface area contributed by atoms with E-state index < -0.39 is 0 Å². The van der Waals surface area contributed by atoms with Crippen LogP contribution in [0.5, 0.6) is 0 Å². The molecule has 0 bridgehead atoms. The van der Waals surface area contributed by atoms with Gasteiger partial charge in [0.15, 0.2) is 0 Å². The maximum Gasteiger partial charge on any atom is 0.0541 e. The Bertz CT molecular complexity index is 2660. The Labute approximate surface area is 286 Å². The van der Waals surface area contributed by atoms with Gasteiger partial charge < -0.3 is 9.13 Å². The summed E-state index contributed by atoms with van der Waals surface area (Å²) in [7, 11) is 0. The van der Waals surface area contributed by atoms with E-state index in [-0.39, 0.29) is 0 Å². The molecule has 9 rings (SSSR count). The van der Waals surface area contributed by atoms with Gasteiger partial charge >= 0.3 is 0 Å². The fourth-order valence-corrected chi connectivity index (χ4v) is 7.51. The fourth-order valence-electron chi connectivity index (χ4n) is 7.51. The lowest BCUT2D eigenvalue weighted by molar-refractivity contribution is 1.10. The van der Waals surface area contributed by atoms with Gasteiger partial charge in [0.25, 0.3) is 0 Å². The molecule has 0 amide bonds. The van der Waals surface area contributed by atoms with Crippen molar-refractivity contribution in [1.82, 2.24) is 9.13 Å². The van der Waals surface area contributed by atoms with Crippen LogP contribution in [0.4, 0.5) is 0 Å². The molecule has 0 atom stereocenters. The lowest BCUT2D eigenvalue weighted by Crippen LogP contribution is -1.97. The maximum atomic E-state index is 4.12. The number of rotatable bonds is 6. The summed E-state index contributed by atoms with van der Waals surface area (Å²) in [5.41, 5.74) is 13.1. The van der Waals surface area contributed by atoms with Gasteiger partial charge in [0, 0.05) is 33.1 Å². The first-order chi connectivity index (χ1) is 24.2. The summed E-state index contributed by atoms with van der Waals surface area (Å²) in [6, 6.07) is 57.3. The Balaban J connectivity index is 1.02. The third kappa shape index (κ3) is 4.72. The average molecular weight is 627 g/mol. The van der Waals surface area contributed by atoms with Gasteiger partial charge in [-0.1, -0.05) is 122 Å². The Morgan fingerprint density at radius 2 is 0.878 bits per heavy atom. The van der Waals surface area contributed by atoms with E-state index in [1.54, 1.807) is 0 Å². The molecular weight excluding hydrogens is 593 g/mol. The quantitative estimate of drug-likeness (QED) is 0.174. The summed E-state index contributed by atoms with van der Waals surface area (Å²) in [6.07, 6.45) is 6.22. The minimum Gasteiger partial charge on any atom is -0.309 e. The lowest BCUT2D eigenvalue weighted by Gasteiger charge is -2.12. The Hall–Kier alpha value is -6.38. The molecule has 0 spiro atoms. The van der Waals surface area contributed by atoms with Crippen LogP contribution < -0.4 is 0 Å². The summed E-state index contributed by atoms with van der Waals surface area (Å²) < 4.78 is 4.69. The highest BCUT2D eigenvalue weighted by atomic mass is 15.0. The largest absolute Gasteiger partial charge is 0.309 e. The van der Waals surface area contributed by atoms with Crippen LogP contribution in [0.25, 0.3) is 89.3 Å². The molecule has 2 heterocycles. The van der Waals surface area contributed by atoms with Crippen LogP contribution in [0.15, 0.2) is 170 Å². The summed E-state index contributed by atoms with van der Waals surface area (Å²) in [5.74, 6) is 0. The molecule has 0 aliphatic carbocycles. The van der Waals surface area contributed by atoms with Gasteiger partial charge in [-0.05, 0) is 101 Å². The standard InChI is InChI=1S/C47H34N2/c1-3-11-44-40(4-2)41-12-5-8-15-45(41)48(44)38-26-22-32(23-27-38)34-18-20-37-31-35(19-21-36(37)30-34)33-24-28-39(29-25-33)49-46-16-9-6-13-42(46)43-14-7-10-17-47(43)49/h3-31H,2H2,1H3/b11-3-. The van der Waals surface area contributed by atoms with E-state index in [0.29, 0.717) is 0 Å². The van der Waals surface area contributed by atoms with Gasteiger partial charge in [0.1, 0.15) is 0 Å². The number of aromatic nitrogens is 2. The zero-order chi connectivity index (χ0) is 32.9. The van der Waals surface area contributed by atoms with Crippen molar-refractivity contribution in [3.05, 3.63) is 182 Å². The first kappa shape index (κ1) is 28.8. The average Bonchev–Trinajstić information content (AvgIpc) is 3.67. The molecule has 2 nitrogen and oxygen atoms in total. The minimum atomic E-state index is 1.13. The Morgan fingerprint density at radius 1 is 0.449 bits per heavy atom. The molecule has 7 aromatic carbocycles. The Morgan fingerprint density at radius 3 is 1.37 bits per heavy atom. The summed E-state index contributed by atoms with van der Waals surface area (Å²) in [6.45, 7) is 6.17. The second-order valence-electron chi connectivity index (χ2n) is 12.6. The number of nitrogens with zero attached hydrogens (tertiary/aromatic N) is 2. The lowest BCUT2D eigenvalue weighted by atomic mass is 9.97. The van der Waals surface area contributed by atoms with Crippen LogP contribution in [0.1, 0.15) is 18.2 Å². The molecule has 0 N–H and O–H groups in total. The normalized spacial score (nSPS) is 11.8. The topological polar surface area (TPSA) is 9.86 Å². The van der Waals surface area contributed by atoms with E-state index in [0.717, 1.165) is 16.9 Å². The molecular formula is C47H34N2. The van der Waals surface area contributed by atoms with Crippen molar-refractivity contribution in [2.45, 2.75) is 6.92 Å². The Kier molecular flexibility index (Phi) is 6.88. The highest BCUT2D eigenvalue weighted by Crippen LogP contribution is 2.35. The molecule has 0 aliphatic rings. The van der Waals surface area contributed by atoms with E-state index in [4.69, 9.17) is 0 Å². The van der Waals surface area contributed by atoms with E-state index in [1.165, 1.54) is 71.4 Å². The first-order valence-electron chi connectivity index (χ1n) is 16.8. The van der Waals surface area contributed by atoms with Crippen molar-refractivity contribution in [3.63, 3.8) is 0 Å². The van der Waals surface area contributed by atoms with E-state index in [9.17, 15) is 0 Å². The van der Waals surface area contributed by atoms with Crippen LogP contribution in [0, 0.1) is 0 Å². The number of hydrogen-bond donors (Lipinski definition) is 0. The zero-order valence-electron chi connectivity index (χ0n) is 27.3. The van der Waals surface area contributed by atoms with Crippen molar-refractivity contribution in [1.29, 1.82) is 0 Å². The highest BCUT2D eigenvalue weighted by Gasteiger charge is 2.15. The van der Waals surface area contributed by atoms with Gasteiger partial charge in [0.2, 0.25) is 0 Å². The maximum absolute atomic E-state index is 4.12. The molecule has 0 aliphatic heterocycles. The summed E-state index contributed by atoms with van der Waals surface area (Å²) in [4.78, 5) is 0. The molecule has 9 aromatic rings. The third-order valence-electron chi connectivity index (χ3n) is 9.82. The molecule has 2 heteroatoms. The van der Waals surface area contributed by atoms with Crippen LogP contribution in [0.3, 0.4) is 0 Å². The van der Waals surface area contributed by atoms with Gasteiger partial charge in [-0.2, -0.15) is 0 Å². The molecule has 0 radical (unpaired) electrons. The van der Waals surface area contributed by atoms with Crippen LogP contribution in [-0.2, 0) is 0 Å². The second kappa shape index (κ2) is 11.7. The molecule has 0 saturated heterocycles. The van der Waals surface area contributed by atoms with Gasteiger partial charge in [-0.3, -0.25) is 0 Å². The third-order valence-corrected chi connectivity index (χ3v) is 9.82. The van der Waals surface area contributed by atoms with Crippen LogP contribution in [-0.4, -0.2) is 9.13 Å². The van der Waals surface area contributed by atoms with Crippen LogP contribution >= 0.6 is 0 Å². The van der Waals surface area contributed by atoms with Crippen molar-refractivity contribution in [2.24, 2.45) is 0 Å². The first-order valence-corrected chi connectivity index (χ1v) is 16.8. The van der Waals surface area contributed by atoms with Gasteiger partial charge in [-0.25, -0.2) is 0 Å². The van der Waals surface area contributed by atoms with Crippen molar-refractivity contribution in [3.8, 4) is 33.6 Å². The molecule has 2 aromatic heterocycles. The van der Waals surface area contributed by atoms with E-state index >= 15 is 0 Å². The SMILES string of the molecule is C=Cc1c(/C=C\C)n(-c2ccc(-c3ccc4cc(-c5ccc(-n6c7ccccc7c7ccccc76)cc5)ccc4c3)cc2)c2ccccc12. The minimum absolute atomic E-state index is 1.13. The predicted octanol–water partition coefficient (Wildman–Crippen LogP) is 12.9. The molecule has 232 valence electrons. The molecule has 49 heavy (non-hydrogen) atoms. The zero-order valence-corrected chi connectivity index (χ0v) is 27.3. The molecule has 0 fully saturated rings. The number of fused-ring (bicyclic) bond motifs is 5. The predicted molar refractivity (Wildman–Crippen MR) is 211 cm³/mol. The highest BCUT2D eigenvalue weighted by molar-refractivity contribution is 6.09. The van der Waals surface area contributed by atoms with Crippen LogP contribution in [0.2, 0.25) is 0 Å². The van der Waals surface area contributed by atoms with E-state index in [2.05, 4.69) is 193 Å². The second-order valence-corrected chi connectivity index (χ2v) is 12.6. The fraction of sp³-hybridized carbons (Fsp3) is 0.0213. The number of hydrogen-bond acceptors (Lipinski definition) is 0. The monoisotopic (exact) mass is 626 g/mol. The van der Waals surface area contributed by atoms with E-state index in [1.807, 2.05) is 6.08 Å². The number of allylic oxidation sites excluding steroid dienone is 1. The van der Waals surface area contributed by atoms with Crippen molar-refractivity contribution < 1.29 is 0 Å². The smallest absolute Gasteiger partial charge is 0.0541 e. The summed E-state index contributed by atoms with van der Waals surface area (Å²) >= 11 is 0. The molecule has 0 unspecified atom stereocenters.